The Morgan fingerprint density at radius 2 is 1.22 bits per heavy atom. The van der Waals surface area contributed by atoms with Crippen molar-refractivity contribution in [2.75, 3.05) is 14.8 Å². The number of sulfonamides is 2. The van der Waals surface area contributed by atoms with Gasteiger partial charge in [-0.2, -0.15) is 10.2 Å². The molecule has 0 aliphatic rings. The minimum absolute atomic E-state index is 0.0514. The van der Waals surface area contributed by atoms with Gasteiger partial charge in [0.15, 0.2) is 20.8 Å². The van der Waals surface area contributed by atoms with Gasteiger partial charge in [0, 0.05) is 33.9 Å². The number of nitrogen functional groups attached to an aromatic ring is 1. The van der Waals surface area contributed by atoms with Gasteiger partial charge in [-0.05, 0) is 72.8 Å². The van der Waals surface area contributed by atoms with E-state index in [-0.39, 0.29) is 76.3 Å². The van der Waals surface area contributed by atoms with Crippen molar-refractivity contribution >= 4 is 156 Å². The standard InChI is InChI=1S/C32H21Cl4N9O7S4.C7H8N2O2/c33-27(34)29(46)39-22-3-1-2-21-25(22)23(42-40-17-4-8-19(9-5-17)55(48,49)44-31-37-12-14-53-31)16-24(26(21)52-30(47)28(35)36)43-41-18-6-10-20(11-7-18)56(50,51)45-32-38-13-15-54-32;8-9-7(11)5-3-1-2-4-6(5)10/h1-16,27-28H,(H,37,44)(H,38,45)(H,39,46);1-4,10H,8H2,(H,9,11). The second-order valence-corrected chi connectivity index (χ2v) is 20.1. The summed E-state index contributed by atoms with van der Waals surface area (Å²) in [6.45, 7) is 0. The molecule has 20 nitrogen and oxygen atoms in total. The number of thiazole rings is 2. The Kier molecular flexibility index (Phi) is 16.8. The van der Waals surface area contributed by atoms with Gasteiger partial charge in [-0.25, -0.2) is 37.4 Å². The van der Waals surface area contributed by atoms with E-state index in [1.807, 2.05) is 5.43 Å². The number of hydrogen-bond donors (Lipinski definition) is 6. The second-order valence-electron chi connectivity index (χ2n) is 12.7. The number of amides is 2. The van der Waals surface area contributed by atoms with E-state index in [1.54, 1.807) is 22.9 Å². The van der Waals surface area contributed by atoms with Crippen LogP contribution in [0.4, 0.5) is 38.7 Å². The predicted molar refractivity (Wildman–Crippen MR) is 256 cm³/mol. The zero-order valence-corrected chi connectivity index (χ0v) is 39.6. The monoisotopic (exact) mass is 1060 g/mol. The number of nitrogens with one attached hydrogen (secondary N) is 4. The number of para-hydroxylation sites is 1. The zero-order valence-electron chi connectivity index (χ0n) is 33.3. The van der Waals surface area contributed by atoms with Crippen LogP contribution in [0.25, 0.3) is 10.8 Å². The molecule has 0 saturated heterocycles. The lowest BCUT2D eigenvalue weighted by molar-refractivity contribution is -0.132. The van der Waals surface area contributed by atoms with Gasteiger partial charge in [0.05, 0.1) is 38.1 Å². The highest BCUT2D eigenvalue weighted by Crippen LogP contribution is 2.46. The van der Waals surface area contributed by atoms with Gasteiger partial charge >= 0.3 is 5.97 Å². The number of azo groups is 2. The first-order valence-corrected chi connectivity index (χ1v) is 24.8. The van der Waals surface area contributed by atoms with Gasteiger partial charge in [0.2, 0.25) is 4.84 Å². The molecule has 2 heterocycles. The Balaban J connectivity index is 0.000000591. The van der Waals surface area contributed by atoms with E-state index < -0.39 is 47.5 Å². The highest BCUT2D eigenvalue weighted by molar-refractivity contribution is 7.93. The molecule has 7 aromatic rings. The number of alkyl halides is 4. The lowest BCUT2D eigenvalue weighted by atomic mass is 10.0. The van der Waals surface area contributed by atoms with E-state index in [1.165, 1.54) is 97.3 Å². The molecule has 2 amide bonds. The van der Waals surface area contributed by atoms with E-state index >= 15 is 0 Å². The SMILES string of the molecule is NNC(=O)c1ccccc1O.O=C(Nc1cccc2c(OC(=O)C(Cl)Cl)c(N=Nc3ccc(S(=O)(=O)Nc4nccs4)cc3)cc(N=Nc3ccc(S(=O)(=O)Nc4nccs4)cc3)c12)C(Cl)Cl. The van der Waals surface area contributed by atoms with Crippen LogP contribution in [-0.4, -0.2) is 59.4 Å². The zero-order chi connectivity index (χ0) is 48.3. The summed E-state index contributed by atoms with van der Waals surface area (Å²) < 4.78 is 61.6. The largest absolute Gasteiger partial charge is 0.507 e. The average molecular weight is 1070 g/mol. The smallest absolute Gasteiger partial charge is 0.344 e. The summed E-state index contributed by atoms with van der Waals surface area (Å²) >= 11 is 25.5. The summed E-state index contributed by atoms with van der Waals surface area (Å²) in [5.41, 5.74) is 2.60. The molecule has 346 valence electrons. The highest BCUT2D eigenvalue weighted by Gasteiger charge is 2.24. The Hall–Kier alpha value is -6.35. The number of fused-ring (bicyclic) bond motifs is 1. The fourth-order valence-electron chi connectivity index (χ4n) is 5.37. The van der Waals surface area contributed by atoms with E-state index in [0.29, 0.717) is 0 Å². The average Bonchev–Trinajstić information content (AvgIpc) is 4.03. The molecule has 7 rings (SSSR count). The molecule has 28 heteroatoms. The Bertz CT molecular complexity index is 3180. The summed E-state index contributed by atoms with van der Waals surface area (Å²) in [6, 6.07) is 22.9. The van der Waals surface area contributed by atoms with E-state index in [4.69, 9.17) is 62.1 Å². The molecule has 5 aromatic carbocycles. The fourth-order valence-corrected chi connectivity index (χ4v) is 9.14. The van der Waals surface area contributed by atoms with Crippen LogP contribution in [-0.2, 0) is 29.6 Å². The van der Waals surface area contributed by atoms with Gasteiger partial charge in [0.25, 0.3) is 31.9 Å². The maximum atomic E-state index is 12.8. The van der Waals surface area contributed by atoms with Crippen molar-refractivity contribution in [3.63, 3.8) is 0 Å². The van der Waals surface area contributed by atoms with E-state index in [2.05, 4.69) is 45.2 Å². The van der Waals surface area contributed by atoms with Gasteiger partial charge in [-0.3, -0.25) is 24.5 Å². The lowest BCUT2D eigenvalue weighted by Crippen LogP contribution is -2.29. The number of carbonyl (C=O) groups excluding carboxylic acids is 3. The Morgan fingerprint density at radius 3 is 1.70 bits per heavy atom. The van der Waals surface area contributed by atoms with Crippen LogP contribution < -0.4 is 30.8 Å². The number of nitrogens with zero attached hydrogens (tertiary/aromatic N) is 6. The number of hydrogen-bond acceptors (Lipinski definition) is 18. The molecule has 67 heavy (non-hydrogen) atoms. The van der Waals surface area contributed by atoms with Crippen LogP contribution >= 0.6 is 69.1 Å². The molecule has 0 radical (unpaired) electrons. The number of anilines is 3. The Labute approximate surface area is 407 Å². The number of nitrogens with two attached hydrogens (primary N) is 1. The van der Waals surface area contributed by atoms with E-state index in [0.717, 1.165) is 22.7 Å². The van der Waals surface area contributed by atoms with Gasteiger partial charge in [-0.1, -0.05) is 70.7 Å². The Morgan fingerprint density at radius 1 is 0.687 bits per heavy atom. The number of ether oxygens (including phenoxy) is 1. The highest BCUT2D eigenvalue weighted by atomic mass is 35.5. The number of benzene rings is 5. The van der Waals surface area contributed by atoms with Crippen LogP contribution in [0.1, 0.15) is 10.4 Å². The number of aromatic hydroxyl groups is 1. The lowest BCUT2D eigenvalue weighted by Gasteiger charge is -2.16. The van der Waals surface area contributed by atoms with Gasteiger partial charge in [0.1, 0.15) is 11.4 Å². The number of carbonyl (C=O) groups is 3. The minimum atomic E-state index is -3.95. The molecule has 2 aromatic heterocycles. The maximum Gasteiger partial charge on any atom is 0.344 e. The quantitative estimate of drug-likeness (QED) is 0.0106. The van der Waals surface area contributed by atoms with Gasteiger partial charge < -0.3 is 15.2 Å². The molecular formula is C39H29Cl4N11O9S4. The van der Waals surface area contributed by atoms with Crippen LogP contribution in [0.3, 0.4) is 0 Å². The molecule has 0 fully saturated rings. The first-order valence-electron chi connectivity index (χ1n) is 18.3. The summed E-state index contributed by atoms with van der Waals surface area (Å²) in [6.07, 6.45) is 2.92. The molecule has 0 saturated carbocycles. The normalized spacial score (nSPS) is 11.7. The molecule has 7 N–H and O–H groups in total. The molecule has 0 bridgehead atoms. The van der Waals surface area contributed by atoms with E-state index in [9.17, 15) is 31.2 Å². The fraction of sp³-hybridized carbons (Fsp3) is 0.0513. The number of hydrazine groups is 1. The summed E-state index contributed by atoms with van der Waals surface area (Å²) in [5, 5.41) is 32.8. The van der Waals surface area contributed by atoms with Crippen molar-refractivity contribution in [2.24, 2.45) is 26.3 Å². The molecule has 0 atom stereocenters. The van der Waals surface area contributed by atoms with Crippen molar-refractivity contribution < 1.29 is 41.1 Å². The molecular weight excluding hydrogens is 1040 g/mol. The molecule has 0 unspecified atom stereocenters. The van der Waals surface area contributed by atoms with Crippen molar-refractivity contribution in [3.8, 4) is 11.5 Å². The van der Waals surface area contributed by atoms with Crippen molar-refractivity contribution in [1.29, 1.82) is 0 Å². The molecule has 0 aliphatic heterocycles. The third-order valence-corrected chi connectivity index (χ3v) is 13.4. The third kappa shape index (κ3) is 13.2. The number of aromatic nitrogens is 2. The van der Waals surface area contributed by atoms with Crippen LogP contribution in [0, 0.1) is 0 Å². The van der Waals surface area contributed by atoms with Crippen molar-refractivity contribution in [1.82, 2.24) is 15.4 Å². The van der Waals surface area contributed by atoms with Crippen LogP contribution in [0.2, 0.25) is 0 Å². The molecule has 0 spiro atoms. The first-order chi connectivity index (χ1) is 31.9. The third-order valence-electron chi connectivity index (χ3n) is 8.34. The van der Waals surface area contributed by atoms with Gasteiger partial charge in [-0.15, -0.1) is 32.9 Å². The van der Waals surface area contributed by atoms with Crippen molar-refractivity contribution in [2.45, 2.75) is 19.5 Å². The number of phenolic OH excluding ortho intramolecular Hbond substituents is 1. The first kappa shape index (κ1) is 50.1. The van der Waals surface area contributed by atoms with Crippen LogP contribution in [0.15, 0.2) is 150 Å². The summed E-state index contributed by atoms with van der Waals surface area (Å²) in [4.78, 5) is 40.8. The number of halogens is 4. The number of phenols is 1. The maximum absolute atomic E-state index is 12.8. The topological polar surface area (TPSA) is 298 Å². The van der Waals surface area contributed by atoms with Crippen LogP contribution in [0.5, 0.6) is 11.5 Å². The predicted octanol–water partition coefficient (Wildman–Crippen LogP) is 9.63. The molecule has 0 aliphatic carbocycles. The summed E-state index contributed by atoms with van der Waals surface area (Å²) in [5.74, 6) is 2.23. The number of rotatable bonds is 15. The summed E-state index contributed by atoms with van der Waals surface area (Å²) in [7, 11) is -7.91. The second kappa shape index (κ2) is 22.4. The minimum Gasteiger partial charge on any atom is -0.507 e. The van der Waals surface area contributed by atoms with Crippen molar-refractivity contribution in [3.05, 3.63) is 126 Å². The number of esters is 1.